The first-order valence-electron chi connectivity index (χ1n) is 12.8. The minimum atomic E-state index is -1.11. The molecule has 2 N–H and O–H groups in total. The first-order chi connectivity index (χ1) is 19.4. The van der Waals surface area contributed by atoms with Crippen LogP contribution in [0.25, 0.3) is 17.0 Å². The monoisotopic (exact) mass is 732 g/mol. The number of benzene rings is 2. The molecule has 8 nitrogen and oxygen atoms in total. The molecule has 0 spiro atoms. The molecule has 0 saturated carbocycles. The molecule has 2 aromatic carbocycles. The van der Waals surface area contributed by atoms with Crippen molar-refractivity contribution in [3.8, 4) is 5.95 Å². The number of hydrogen-bond donors (Lipinski definition) is 2. The number of anilines is 3. The Balaban J connectivity index is 1.66. The Labute approximate surface area is 262 Å². The molecule has 4 rings (SSSR count). The van der Waals surface area contributed by atoms with Gasteiger partial charge in [0.2, 0.25) is 11.9 Å². The number of nitrogens with zero attached hydrogens (tertiary/aromatic N) is 4. The molecule has 1 atom stereocenters. The topological polar surface area (TPSA) is 84.2 Å². The number of aryl methyl sites for hydroxylation is 1. The second-order valence-corrected chi connectivity index (χ2v) is 20.7. The van der Waals surface area contributed by atoms with E-state index in [0.29, 0.717) is 53.2 Å². The molecule has 220 valence electrons. The van der Waals surface area contributed by atoms with Gasteiger partial charge in [-0.2, -0.15) is 7.20 Å². The number of imidazole rings is 1. The Morgan fingerprint density at radius 2 is 1.80 bits per heavy atom. The van der Waals surface area contributed by atoms with Crippen LogP contribution in [0.4, 0.5) is 26.2 Å². The van der Waals surface area contributed by atoms with Crippen molar-refractivity contribution in [2.24, 2.45) is 0 Å². The Kier molecular flexibility index (Phi) is 10.1. The van der Waals surface area contributed by atoms with Crippen LogP contribution in [0.3, 0.4) is 0 Å². The van der Waals surface area contributed by atoms with Crippen molar-refractivity contribution in [2.75, 3.05) is 52.9 Å². The standard InChI is InChI=1S/C28H32Cl2FIN6O2S/c1-18-6-5-7-24-25(18)35-27(37-13-10-21(17-37)33-26(39)19(2)41(3,4)32)38(24)28(40)34-20-8-9-23(22(31)16-20)36(14-11-29)15-12-30/h5-10,13,16-17,19H,11-12,14-15H2,1-4H3,(H,33,39)(H,34,40). The summed E-state index contributed by atoms with van der Waals surface area (Å²) < 4.78 is 18.2. The van der Waals surface area contributed by atoms with Crippen molar-refractivity contribution in [3.63, 3.8) is 0 Å². The first kappa shape index (κ1) is 31.5. The second kappa shape index (κ2) is 13.2. The molecule has 41 heavy (non-hydrogen) atoms. The molecule has 0 saturated heterocycles. The number of nitrogens with one attached hydrogen (secondary N) is 2. The molecule has 2 amide bonds. The van der Waals surface area contributed by atoms with Crippen LogP contribution in [0.5, 0.6) is 0 Å². The van der Waals surface area contributed by atoms with Gasteiger partial charge in [-0.25, -0.2) is 18.7 Å². The van der Waals surface area contributed by atoms with Crippen LogP contribution in [0.15, 0.2) is 54.9 Å². The second-order valence-electron chi connectivity index (χ2n) is 9.87. The van der Waals surface area contributed by atoms with E-state index in [-0.39, 0.29) is 16.8 Å². The summed E-state index contributed by atoms with van der Waals surface area (Å²) in [5.41, 5.74) is 3.37. The molecule has 0 aliphatic carbocycles. The zero-order chi connectivity index (χ0) is 29.9. The summed E-state index contributed by atoms with van der Waals surface area (Å²) in [5.74, 6) is 0.409. The van der Waals surface area contributed by atoms with Gasteiger partial charge >= 0.3 is 6.03 Å². The number of hydrogen-bond acceptors (Lipinski definition) is 4. The molecule has 1 unspecified atom stereocenters. The summed E-state index contributed by atoms with van der Waals surface area (Å²) in [5, 5.41) is 5.62. The minimum Gasteiger partial charge on any atom is -0.367 e. The number of fused-ring (bicyclic) bond motifs is 1. The van der Waals surface area contributed by atoms with Crippen molar-refractivity contribution in [1.29, 1.82) is 0 Å². The van der Waals surface area contributed by atoms with Gasteiger partial charge in [0.15, 0.2) is 0 Å². The van der Waals surface area contributed by atoms with E-state index in [0.717, 1.165) is 5.56 Å². The van der Waals surface area contributed by atoms with Gasteiger partial charge in [-0.1, -0.05) is 12.1 Å². The molecule has 2 heterocycles. The first-order valence-corrected chi connectivity index (χ1v) is 18.9. The third kappa shape index (κ3) is 7.12. The summed E-state index contributed by atoms with van der Waals surface area (Å²) in [6.07, 6.45) is 7.62. The van der Waals surface area contributed by atoms with Gasteiger partial charge in [0.1, 0.15) is 5.82 Å². The Hall–Kier alpha value is -2.48. The number of para-hydroxylation sites is 1. The summed E-state index contributed by atoms with van der Waals surface area (Å²) in [7, 11) is -1.11. The molecular weight excluding hydrogens is 701 g/mol. The van der Waals surface area contributed by atoms with E-state index >= 15 is 4.39 Å². The average Bonchev–Trinajstić information content (AvgIpc) is 3.53. The highest BCUT2D eigenvalue weighted by molar-refractivity contribution is 14.2. The van der Waals surface area contributed by atoms with E-state index in [1.54, 1.807) is 46.1 Å². The number of halogens is 4. The van der Waals surface area contributed by atoms with E-state index in [1.807, 2.05) is 26.0 Å². The van der Waals surface area contributed by atoms with Crippen molar-refractivity contribution < 1.29 is 14.0 Å². The smallest absolute Gasteiger partial charge is 0.333 e. The Morgan fingerprint density at radius 3 is 2.44 bits per heavy atom. The number of carbonyl (C=O) groups excluding carboxylic acids is 2. The molecule has 2 aromatic heterocycles. The lowest BCUT2D eigenvalue weighted by Crippen LogP contribution is -2.28. The van der Waals surface area contributed by atoms with Crippen LogP contribution in [0.1, 0.15) is 12.5 Å². The van der Waals surface area contributed by atoms with Gasteiger partial charge in [-0.3, -0.25) is 9.36 Å². The molecule has 13 heteroatoms. The predicted octanol–water partition coefficient (Wildman–Crippen LogP) is 7.38. The predicted molar refractivity (Wildman–Crippen MR) is 180 cm³/mol. The summed E-state index contributed by atoms with van der Waals surface area (Å²) >= 11 is 14.1. The van der Waals surface area contributed by atoms with E-state index < -0.39 is 19.0 Å². The average molecular weight is 733 g/mol. The van der Waals surface area contributed by atoms with Crippen LogP contribution in [-0.4, -0.2) is 68.7 Å². The number of rotatable bonds is 10. The lowest BCUT2D eigenvalue weighted by Gasteiger charge is -2.29. The third-order valence-electron chi connectivity index (χ3n) is 6.72. The van der Waals surface area contributed by atoms with Crippen LogP contribution >= 0.6 is 51.6 Å². The zero-order valence-electron chi connectivity index (χ0n) is 23.1. The van der Waals surface area contributed by atoms with Crippen molar-refractivity contribution in [3.05, 3.63) is 66.2 Å². The summed E-state index contributed by atoms with van der Waals surface area (Å²) in [6.45, 7) is 4.72. The lowest BCUT2D eigenvalue weighted by atomic mass is 10.2. The maximum Gasteiger partial charge on any atom is 0.333 e. The Bertz CT molecular complexity index is 1560. The van der Waals surface area contributed by atoms with Crippen LogP contribution < -0.4 is 15.5 Å². The fraction of sp³-hybridized carbons (Fsp3) is 0.321. The number of carbonyl (C=O) groups is 2. The third-order valence-corrected chi connectivity index (χ3v) is 11.2. The fourth-order valence-corrected chi connectivity index (χ4v) is 5.94. The van der Waals surface area contributed by atoms with E-state index in [1.165, 1.54) is 10.6 Å². The highest BCUT2D eigenvalue weighted by Crippen LogP contribution is 2.53. The molecular formula is C28H32Cl2FIN6O2S. The summed E-state index contributed by atoms with van der Waals surface area (Å²) in [6, 6.07) is 11.3. The van der Waals surface area contributed by atoms with E-state index in [4.69, 9.17) is 28.2 Å². The molecule has 0 fully saturated rings. The van der Waals surface area contributed by atoms with Crippen molar-refractivity contribution in [2.45, 2.75) is 19.1 Å². The van der Waals surface area contributed by atoms with Gasteiger partial charge < -0.3 is 15.5 Å². The van der Waals surface area contributed by atoms with E-state index in [9.17, 15) is 9.59 Å². The largest absolute Gasteiger partial charge is 0.367 e. The van der Waals surface area contributed by atoms with Crippen LogP contribution in [-0.2, 0) is 4.79 Å². The van der Waals surface area contributed by atoms with Gasteiger partial charge in [0.05, 0.1) is 27.7 Å². The highest BCUT2D eigenvalue weighted by atomic mass is 127. The molecule has 0 bridgehead atoms. The quantitative estimate of drug-likeness (QED) is 0.132. The minimum absolute atomic E-state index is 0.0691. The van der Waals surface area contributed by atoms with Crippen molar-refractivity contribution in [1.82, 2.24) is 14.1 Å². The van der Waals surface area contributed by atoms with Crippen LogP contribution in [0, 0.1) is 12.7 Å². The lowest BCUT2D eigenvalue weighted by molar-refractivity contribution is -0.115. The fourth-order valence-electron chi connectivity index (χ4n) is 4.27. The SMILES string of the molecule is Cc1cccc2c1nc(-n1ccc(NC(=O)C(C)S(C)(C)I)c1)n2C(=O)Nc1ccc(N(CCCl)CCCl)c(F)c1. The number of amides is 2. The number of aromatic nitrogens is 3. The summed E-state index contributed by atoms with van der Waals surface area (Å²) in [4.78, 5) is 33.0. The maximum absolute atomic E-state index is 15.1. The Morgan fingerprint density at radius 1 is 1.10 bits per heavy atom. The number of alkyl halides is 2. The van der Waals surface area contributed by atoms with Gasteiger partial charge in [-0.15, -0.1) is 23.2 Å². The van der Waals surface area contributed by atoms with E-state index in [2.05, 4.69) is 44.4 Å². The molecule has 0 radical (unpaired) electrons. The molecule has 0 aliphatic heterocycles. The molecule has 4 aromatic rings. The van der Waals surface area contributed by atoms with Crippen LogP contribution in [0.2, 0.25) is 0 Å². The van der Waals surface area contributed by atoms with Gasteiger partial charge in [0.25, 0.3) is 0 Å². The van der Waals surface area contributed by atoms with Crippen molar-refractivity contribution >= 4 is 91.6 Å². The van der Waals surface area contributed by atoms with Gasteiger partial charge in [0, 0.05) is 42.9 Å². The highest BCUT2D eigenvalue weighted by Gasteiger charge is 2.25. The normalized spacial score (nSPS) is 12.8. The zero-order valence-corrected chi connectivity index (χ0v) is 27.6. The molecule has 0 aliphatic rings. The van der Waals surface area contributed by atoms with Gasteiger partial charge in [-0.05, 0) is 83.5 Å². The maximum atomic E-state index is 15.1.